The standard InChI is InChI=1S/C95H161NO18/c1-3-5-7-9-11-13-15-17-19-21-23-25-27-29-31-33-34-35-36-37-38-39-40-41-42-43-44-45-47-49-51-53-55-57-59-61-63-65-67-69-71-73-83(101)96-78(79(100)72-70-68-66-64-62-60-58-56-54-52-50-48-46-32-30-28-26-24-22-20-18-16-14-12-10-8-6-4-2)77-109-93-89(107)86(104)91(81(75-98)111-93)114-95-90(108)87(105)92(82(76-99)112-95)113-94-88(106)85(103)84(102)80(74-97)110-94/h5,7,11,13,17,19,23,25,29,31,34-35,37-38,40-41,43-44,47,49,53,55,59,61,78-82,84-95,97-100,102-108H,3-4,6,8-10,12,14-16,18,20-22,24,26-28,30,32-33,36,39,42,45-46,48,50-52,54,56-58,60,62-77H2,1-2H3,(H,96,101)/b7-5-,13-11-,19-17-,25-23-,31-29-,35-34-,38-37-,41-40-,44-43-,49-47-,55-53-,61-59-. The van der Waals surface area contributed by atoms with Crippen LogP contribution in [-0.4, -0.2) is 193 Å². The molecule has 3 saturated heterocycles. The minimum atomic E-state index is -1.98. The summed E-state index contributed by atoms with van der Waals surface area (Å²) in [4.78, 5) is 13.5. The summed E-state index contributed by atoms with van der Waals surface area (Å²) in [6, 6.07) is -0.914. The van der Waals surface area contributed by atoms with E-state index in [0.717, 1.165) is 122 Å². The first-order valence-electron chi connectivity index (χ1n) is 45.1. The fraction of sp³-hybridized carbons (Fsp3) is 0.737. The molecule has 0 radical (unpaired) electrons. The second kappa shape index (κ2) is 72.7. The van der Waals surface area contributed by atoms with Crippen LogP contribution in [-0.2, 0) is 33.2 Å². The van der Waals surface area contributed by atoms with E-state index in [1.165, 1.54) is 154 Å². The van der Waals surface area contributed by atoms with Crippen molar-refractivity contribution >= 4 is 5.91 Å². The summed E-state index contributed by atoms with van der Waals surface area (Å²) in [7, 11) is 0. The van der Waals surface area contributed by atoms with Crippen LogP contribution >= 0.6 is 0 Å². The number of allylic oxidation sites excluding steroid dienone is 24. The fourth-order valence-corrected chi connectivity index (χ4v) is 14.3. The molecule has 1 amide bonds. The van der Waals surface area contributed by atoms with Gasteiger partial charge >= 0.3 is 0 Å². The van der Waals surface area contributed by atoms with Crippen LogP contribution < -0.4 is 5.32 Å². The summed E-state index contributed by atoms with van der Waals surface area (Å²) in [5, 5.41) is 121. The minimum Gasteiger partial charge on any atom is -0.394 e. The number of aliphatic hydroxyl groups is 11. The normalized spacial score (nSPS) is 25.4. The van der Waals surface area contributed by atoms with Crippen LogP contribution in [0.15, 0.2) is 146 Å². The highest BCUT2D eigenvalue weighted by molar-refractivity contribution is 5.76. The van der Waals surface area contributed by atoms with Crippen molar-refractivity contribution in [1.82, 2.24) is 5.32 Å². The van der Waals surface area contributed by atoms with Crippen molar-refractivity contribution in [3.63, 3.8) is 0 Å². The Labute approximate surface area is 689 Å². The molecule has 0 saturated carbocycles. The maximum absolute atomic E-state index is 13.5. The second-order valence-electron chi connectivity index (χ2n) is 31.3. The van der Waals surface area contributed by atoms with Crippen LogP contribution in [0, 0.1) is 0 Å². The van der Waals surface area contributed by atoms with E-state index < -0.39 is 124 Å². The average molecular weight is 1610 g/mol. The summed E-state index contributed by atoms with van der Waals surface area (Å²) in [5.41, 5.74) is 0. The van der Waals surface area contributed by atoms with Gasteiger partial charge in [-0.3, -0.25) is 4.79 Å². The predicted molar refractivity (Wildman–Crippen MR) is 461 cm³/mol. The smallest absolute Gasteiger partial charge is 0.220 e. The molecule has 17 atom stereocenters. The molecular formula is C95H161NO18. The number of nitrogens with one attached hydrogen (secondary N) is 1. The van der Waals surface area contributed by atoms with Gasteiger partial charge < -0.3 is 89.9 Å². The lowest BCUT2D eigenvalue weighted by atomic mass is 9.96. The van der Waals surface area contributed by atoms with Crippen molar-refractivity contribution < 1.29 is 89.4 Å². The molecule has 12 N–H and O–H groups in total. The summed E-state index contributed by atoms with van der Waals surface area (Å²) < 4.78 is 34.6. The SMILES string of the molecule is CC/C=C\C/C=C\C/C=C\C/C=C\C/C=C\C/C=C\C/C=C\C/C=C\C/C=C\C/C=C\C/C=C\C/C=C\CCCCCCC(=O)NC(COC1OC(CO)C(OC2OC(CO)C(OC3OC(CO)C(O)C(O)C3O)C(O)C2O)C(O)C1O)C(O)CCCCCCCCCCCCCCCCCCCCCCCCCCCCCC. The largest absolute Gasteiger partial charge is 0.394 e. The van der Waals surface area contributed by atoms with E-state index in [1.54, 1.807) is 0 Å². The predicted octanol–water partition coefficient (Wildman–Crippen LogP) is 17.3. The number of carbonyl (C=O) groups excluding carboxylic acids is 1. The summed E-state index contributed by atoms with van der Waals surface area (Å²) in [5.74, 6) is -0.269. The van der Waals surface area contributed by atoms with Crippen molar-refractivity contribution in [3.05, 3.63) is 146 Å². The van der Waals surface area contributed by atoms with Gasteiger partial charge in [-0.1, -0.05) is 352 Å². The lowest BCUT2D eigenvalue weighted by Gasteiger charge is -2.48. The van der Waals surface area contributed by atoms with Crippen LogP contribution in [0.1, 0.15) is 316 Å². The molecule has 654 valence electrons. The Morgan fingerprint density at radius 3 is 0.947 bits per heavy atom. The molecule has 0 aromatic rings. The van der Waals surface area contributed by atoms with Gasteiger partial charge in [0.05, 0.1) is 38.6 Å². The van der Waals surface area contributed by atoms with Gasteiger partial charge in [0.25, 0.3) is 0 Å². The highest BCUT2D eigenvalue weighted by Gasteiger charge is 2.54. The summed E-state index contributed by atoms with van der Waals surface area (Å²) in [6.07, 6.45) is 79.4. The van der Waals surface area contributed by atoms with Gasteiger partial charge in [0.2, 0.25) is 5.91 Å². The number of ether oxygens (including phenoxy) is 6. The summed E-state index contributed by atoms with van der Waals surface area (Å²) >= 11 is 0. The number of hydrogen-bond acceptors (Lipinski definition) is 18. The van der Waals surface area contributed by atoms with Crippen molar-refractivity contribution in [3.8, 4) is 0 Å². The van der Waals surface area contributed by atoms with E-state index in [4.69, 9.17) is 28.4 Å². The number of unbranched alkanes of at least 4 members (excludes halogenated alkanes) is 31. The lowest BCUT2D eigenvalue weighted by Crippen LogP contribution is -2.66. The van der Waals surface area contributed by atoms with Crippen molar-refractivity contribution in [2.75, 3.05) is 26.4 Å². The molecule has 0 aliphatic carbocycles. The Morgan fingerprint density at radius 2 is 0.605 bits per heavy atom. The third-order valence-corrected chi connectivity index (χ3v) is 21.4. The number of amides is 1. The third-order valence-electron chi connectivity index (χ3n) is 21.4. The molecule has 3 aliphatic heterocycles. The van der Waals surface area contributed by atoms with E-state index in [0.29, 0.717) is 19.3 Å². The molecule has 3 aliphatic rings. The number of aliphatic hydroxyl groups excluding tert-OH is 11. The zero-order valence-corrected chi connectivity index (χ0v) is 70.5. The van der Waals surface area contributed by atoms with Crippen LogP contribution in [0.4, 0.5) is 0 Å². The molecule has 0 aromatic carbocycles. The monoisotopic (exact) mass is 1600 g/mol. The number of carbonyl (C=O) groups is 1. The maximum atomic E-state index is 13.5. The van der Waals surface area contributed by atoms with Gasteiger partial charge in [0, 0.05) is 6.42 Å². The van der Waals surface area contributed by atoms with E-state index in [-0.39, 0.29) is 18.9 Å². The highest BCUT2D eigenvalue weighted by Crippen LogP contribution is 2.33. The summed E-state index contributed by atoms with van der Waals surface area (Å²) in [6.45, 7) is 1.69. The van der Waals surface area contributed by atoms with Gasteiger partial charge in [0.15, 0.2) is 18.9 Å². The first-order valence-corrected chi connectivity index (χ1v) is 45.1. The molecule has 3 rings (SSSR count). The van der Waals surface area contributed by atoms with E-state index in [2.05, 4.69) is 165 Å². The first kappa shape index (κ1) is 104. The molecule has 3 fully saturated rings. The van der Waals surface area contributed by atoms with Crippen LogP contribution in [0.5, 0.6) is 0 Å². The molecule has 17 unspecified atom stereocenters. The van der Waals surface area contributed by atoms with E-state index in [9.17, 15) is 61.0 Å². The highest BCUT2D eigenvalue weighted by atomic mass is 16.8. The van der Waals surface area contributed by atoms with Crippen LogP contribution in [0.3, 0.4) is 0 Å². The lowest BCUT2D eigenvalue weighted by molar-refractivity contribution is -0.379. The molecule has 19 heteroatoms. The Kier molecular flexibility index (Phi) is 66.2. The topological polar surface area (TPSA) is 307 Å². The molecular weight excluding hydrogens is 1440 g/mol. The van der Waals surface area contributed by atoms with Gasteiger partial charge in [-0.05, 0) is 103 Å². The molecule has 114 heavy (non-hydrogen) atoms. The molecule has 3 heterocycles. The Balaban J connectivity index is 1.35. The maximum Gasteiger partial charge on any atom is 0.220 e. The quantitative estimate of drug-likeness (QED) is 0.0199. The van der Waals surface area contributed by atoms with Crippen molar-refractivity contribution in [2.45, 2.75) is 420 Å². The van der Waals surface area contributed by atoms with Gasteiger partial charge in [-0.15, -0.1) is 0 Å². The molecule has 19 nitrogen and oxygen atoms in total. The molecule has 0 aromatic heterocycles. The van der Waals surface area contributed by atoms with Gasteiger partial charge in [-0.2, -0.15) is 0 Å². The third kappa shape index (κ3) is 50.6. The second-order valence-corrected chi connectivity index (χ2v) is 31.3. The van der Waals surface area contributed by atoms with E-state index >= 15 is 0 Å². The number of hydrogen-bond donors (Lipinski definition) is 12. The minimum absolute atomic E-state index is 0.228. The van der Waals surface area contributed by atoms with Crippen molar-refractivity contribution in [2.24, 2.45) is 0 Å². The molecule has 0 spiro atoms. The van der Waals surface area contributed by atoms with Gasteiger partial charge in [0.1, 0.15) is 73.2 Å². The zero-order valence-electron chi connectivity index (χ0n) is 70.5. The van der Waals surface area contributed by atoms with E-state index in [1.807, 2.05) is 0 Å². The average Bonchev–Trinajstić information content (AvgIpc) is 0.782. The first-order chi connectivity index (χ1) is 55.8. The Morgan fingerprint density at radius 1 is 0.325 bits per heavy atom. The molecule has 0 bridgehead atoms. The van der Waals surface area contributed by atoms with Crippen molar-refractivity contribution in [1.29, 1.82) is 0 Å². The van der Waals surface area contributed by atoms with Crippen LogP contribution in [0.25, 0.3) is 0 Å². The fourth-order valence-electron chi connectivity index (χ4n) is 14.3. The van der Waals surface area contributed by atoms with Crippen LogP contribution in [0.2, 0.25) is 0 Å². The number of rotatable bonds is 71. The Bertz CT molecular complexity index is 2630. The Hall–Kier alpha value is -4.33. The van der Waals surface area contributed by atoms with Gasteiger partial charge in [-0.25, -0.2) is 0 Å². The zero-order chi connectivity index (χ0) is 82.4.